The van der Waals surface area contributed by atoms with Gasteiger partial charge in [0.1, 0.15) is 11.8 Å². The Morgan fingerprint density at radius 2 is 1.57 bits per heavy atom. The average molecular weight is 411 g/mol. The molecule has 2 amide bonds. The molecule has 0 fully saturated rings. The summed E-state index contributed by atoms with van der Waals surface area (Å²) in [5.74, 6) is 0.226. The molecule has 2 aromatic carbocycles. The highest BCUT2D eigenvalue weighted by atomic mass is 16.5. The molecule has 0 saturated carbocycles. The molecule has 2 aromatic rings. The molecule has 0 aliphatic heterocycles. The van der Waals surface area contributed by atoms with Gasteiger partial charge in [0.2, 0.25) is 5.91 Å². The van der Waals surface area contributed by atoms with Crippen molar-refractivity contribution in [3.63, 3.8) is 0 Å². The molecule has 2 rings (SSSR count). The Labute approximate surface area is 180 Å². The van der Waals surface area contributed by atoms with Gasteiger partial charge in [-0.15, -0.1) is 0 Å². The number of ether oxygens (including phenoxy) is 1. The molecule has 5 nitrogen and oxygen atoms in total. The molecule has 1 N–H and O–H groups in total. The number of carbonyl (C=O) groups excluding carboxylic acids is 2. The maximum Gasteiger partial charge on any atom is 0.261 e. The van der Waals surface area contributed by atoms with E-state index in [1.165, 1.54) is 5.56 Å². The molecule has 0 bridgehead atoms. The van der Waals surface area contributed by atoms with Crippen LogP contribution in [0.15, 0.2) is 48.5 Å². The molecule has 162 valence electrons. The molecule has 0 heterocycles. The van der Waals surface area contributed by atoms with Crippen LogP contribution >= 0.6 is 0 Å². The van der Waals surface area contributed by atoms with Gasteiger partial charge in [0, 0.05) is 12.1 Å². The minimum atomic E-state index is -0.621. The smallest absolute Gasteiger partial charge is 0.261 e. The van der Waals surface area contributed by atoms with Crippen LogP contribution in [0.4, 0.5) is 0 Å². The predicted molar refractivity (Wildman–Crippen MR) is 120 cm³/mol. The first kappa shape index (κ1) is 23.5. The highest BCUT2D eigenvalue weighted by Crippen LogP contribution is 2.15. The SMILES string of the molecule is CCc1ccc(OCC(=O)N(Cc2ccc(C)cc2)[C@H](C)C(=O)NC(C)(C)C)cc1. The average Bonchev–Trinajstić information content (AvgIpc) is 2.70. The van der Waals surface area contributed by atoms with Gasteiger partial charge in [-0.3, -0.25) is 9.59 Å². The summed E-state index contributed by atoms with van der Waals surface area (Å²) in [7, 11) is 0. The second-order valence-corrected chi connectivity index (χ2v) is 8.71. The van der Waals surface area contributed by atoms with Crippen molar-refractivity contribution in [3.05, 3.63) is 65.2 Å². The summed E-state index contributed by atoms with van der Waals surface area (Å²) >= 11 is 0. The fraction of sp³-hybridized carbons (Fsp3) is 0.440. The summed E-state index contributed by atoms with van der Waals surface area (Å²) in [6.07, 6.45) is 0.948. The first-order valence-corrected chi connectivity index (χ1v) is 10.5. The zero-order valence-electron chi connectivity index (χ0n) is 19.0. The van der Waals surface area contributed by atoms with E-state index < -0.39 is 6.04 Å². The van der Waals surface area contributed by atoms with E-state index in [1.54, 1.807) is 11.8 Å². The van der Waals surface area contributed by atoms with E-state index in [1.807, 2.05) is 76.2 Å². The summed E-state index contributed by atoms with van der Waals surface area (Å²) in [6.45, 7) is 11.9. The fourth-order valence-electron chi connectivity index (χ4n) is 3.00. The van der Waals surface area contributed by atoms with E-state index in [9.17, 15) is 9.59 Å². The number of benzene rings is 2. The Hall–Kier alpha value is -2.82. The summed E-state index contributed by atoms with van der Waals surface area (Å²) in [5, 5.41) is 2.96. The maximum atomic E-state index is 13.0. The molecular formula is C25H34N2O3. The van der Waals surface area contributed by atoms with Crippen molar-refractivity contribution >= 4 is 11.8 Å². The van der Waals surface area contributed by atoms with Crippen LogP contribution in [0.2, 0.25) is 0 Å². The normalized spacial score (nSPS) is 12.2. The third-order valence-corrected chi connectivity index (χ3v) is 4.83. The topological polar surface area (TPSA) is 58.6 Å². The van der Waals surface area contributed by atoms with Crippen LogP contribution in [-0.2, 0) is 22.6 Å². The largest absolute Gasteiger partial charge is 0.484 e. The Kier molecular flexibility index (Phi) is 8.04. The van der Waals surface area contributed by atoms with Gasteiger partial charge in [-0.2, -0.15) is 0 Å². The molecule has 0 unspecified atom stereocenters. The molecule has 1 atom stereocenters. The van der Waals surface area contributed by atoms with Crippen molar-refractivity contribution in [2.45, 2.75) is 66.1 Å². The number of rotatable bonds is 8. The van der Waals surface area contributed by atoms with Gasteiger partial charge in [-0.25, -0.2) is 0 Å². The Morgan fingerprint density at radius 1 is 1.00 bits per heavy atom. The van der Waals surface area contributed by atoms with E-state index in [2.05, 4.69) is 12.2 Å². The van der Waals surface area contributed by atoms with E-state index in [0.717, 1.165) is 17.5 Å². The summed E-state index contributed by atoms with van der Waals surface area (Å²) in [4.78, 5) is 27.4. The van der Waals surface area contributed by atoms with E-state index in [-0.39, 0.29) is 24.0 Å². The predicted octanol–water partition coefficient (Wildman–Crippen LogP) is 4.27. The molecule has 0 aliphatic rings. The van der Waals surface area contributed by atoms with E-state index >= 15 is 0 Å². The molecule has 0 radical (unpaired) electrons. The monoisotopic (exact) mass is 410 g/mol. The van der Waals surface area contributed by atoms with Crippen molar-refractivity contribution in [2.24, 2.45) is 0 Å². The van der Waals surface area contributed by atoms with Crippen molar-refractivity contribution in [1.29, 1.82) is 0 Å². The first-order valence-electron chi connectivity index (χ1n) is 10.5. The zero-order valence-corrected chi connectivity index (χ0v) is 19.0. The van der Waals surface area contributed by atoms with Gasteiger partial charge in [0.25, 0.3) is 5.91 Å². The maximum absolute atomic E-state index is 13.0. The van der Waals surface area contributed by atoms with Crippen LogP contribution in [0.25, 0.3) is 0 Å². The molecule has 30 heavy (non-hydrogen) atoms. The molecule has 0 spiro atoms. The van der Waals surface area contributed by atoms with Gasteiger partial charge in [-0.1, -0.05) is 48.9 Å². The van der Waals surface area contributed by atoms with E-state index in [4.69, 9.17) is 4.74 Å². The third-order valence-electron chi connectivity index (χ3n) is 4.83. The Balaban J connectivity index is 2.14. The second-order valence-electron chi connectivity index (χ2n) is 8.71. The van der Waals surface area contributed by atoms with Crippen molar-refractivity contribution in [1.82, 2.24) is 10.2 Å². The summed E-state index contributed by atoms with van der Waals surface area (Å²) in [5.41, 5.74) is 2.95. The zero-order chi connectivity index (χ0) is 22.3. The van der Waals surface area contributed by atoms with Crippen LogP contribution in [-0.4, -0.2) is 34.9 Å². The molecule has 0 aliphatic carbocycles. The molecular weight excluding hydrogens is 376 g/mol. The molecule has 0 saturated heterocycles. The van der Waals surface area contributed by atoms with Crippen LogP contribution in [0, 0.1) is 6.92 Å². The number of amides is 2. The highest BCUT2D eigenvalue weighted by molar-refractivity contribution is 5.88. The lowest BCUT2D eigenvalue weighted by Crippen LogP contribution is -2.53. The minimum Gasteiger partial charge on any atom is -0.484 e. The van der Waals surface area contributed by atoms with Gasteiger partial charge >= 0.3 is 0 Å². The number of hydrogen-bond donors (Lipinski definition) is 1. The van der Waals surface area contributed by atoms with Crippen LogP contribution in [0.5, 0.6) is 5.75 Å². The summed E-state index contributed by atoms with van der Waals surface area (Å²) in [6, 6.07) is 15.1. The van der Waals surface area contributed by atoms with Crippen LogP contribution < -0.4 is 10.1 Å². The first-order chi connectivity index (χ1) is 14.1. The Morgan fingerprint density at radius 3 is 2.10 bits per heavy atom. The standard InChI is InChI=1S/C25H34N2O3/c1-7-20-12-14-22(15-13-20)30-17-23(28)27(16-21-10-8-18(2)9-11-21)19(3)24(29)26-25(4,5)6/h8-15,19H,7,16-17H2,1-6H3,(H,26,29)/t19-/m1/s1. The highest BCUT2D eigenvalue weighted by Gasteiger charge is 2.28. The van der Waals surface area contributed by atoms with E-state index in [0.29, 0.717) is 12.3 Å². The van der Waals surface area contributed by atoms with Gasteiger partial charge < -0.3 is 15.0 Å². The minimum absolute atomic E-state index is 0.121. The third kappa shape index (κ3) is 7.21. The quantitative estimate of drug-likeness (QED) is 0.707. The number of nitrogens with zero attached hydrogens (tertiary/aromatic N) is 1. The molecule has 0 aromatic heterocycles. The number of aryl methyl sites for hydroxylation is 2. The number of nitrogens with one attached hydrogen (secondary N) is 1. The Bertz CT molecular complexity index is 836. The summed E-state index contributed by atoms with van der Waals surface area (Å²) < 4.78 is 5.71. The van der Waals surface area contributed by atoms with Crippen LogP contribution in [0.1, 0.15) is 51.3 Å². The van der Waals surface area contributed by atoms with Crippen LogP contribution in [0.3, 0.4) is 0 Å². The fourth-order valence-corrected chi connectivity index (χ4v) is 3.00. The number of carbonyl (C=O) groups is 2. The lowest BCUT2D eigenvalue weighted by molar-refractivity contribution is -0.142. The lowest BCUT2D eigenvalue weighted by Gasteiger charge is -2.31. The van der Waals surface area contributed by atoms with Crippen molar-refractivity contribution in [2.75, 3.05) is 6.61 Å². The van der Waals surface area contributed by atoms with Gasteiger partial charge in [-0.05, 0) is 64.3 Å². The second kappa shape index (κ2) is 10.3. The number of hydrogen-bond acceptors (Lipinski definition) is 3. The van der Waals surface area contributed by atoms with Gasteiger partial charge in [0.15, 0.2) is 6.61 Å². The van der Waals surface area contributed by atoms with Crippen molar-refractivity contribution < 1.29 is 14.3 Å². The van der Waals surface area contributed by atoms with Gasteiger partial charge in [0.05, 0.1) is 0 Å². The lowest BCUT2D eigenvalue weighted by atomic mass is 10.1. The molecule has 5 heteroatoms. The van der Waals surface area contributed by atoms with Crippen molar-refractivity contribution in [3.8, 4) is 5.75 Å².